The first kappa shape index (κ1) is 22.9. The van der Waals surface area contributed by atoms with Crippen molar-refractivity contribution in [3.05, 3.63) is 104 Å². The number of nitrogens with zero attached hydrogens (tertiary/aromatic N) is 1. The first-order valence-electron chi connectivity index (χ1n) is 10.4. The molecule has 0 bridgehead atoms. The number of carbonyl (C=O) groups excluding carboxylic acids is 1. The number of aromatic nitrogens is 1. The van der Waals surface area contributed by atoms with Gasteiger partial charge in [0, 0.05) is 30.5 Å². The van der Waals surface area contributed by atoms with Crippen LogP contribution in [0, 0.1) is 0 Å². The number of H-pyrrole nitrogens is 1. The van der Waals surface area contributed by atoms with Crippen LogP contribution in [-0.2, 0) is 13.0 Å². The molecule has 0 saturated carbocycles. The summed E-state index contributed by atoms with van der Waals surface area (Å²) in [6.07, 6.45) is 2.51. The average molecular weight is 477 g/mol. The number of amides is 1. The minimum atomic E-state index is -0.253. The fourth-order valence-electron chi connectivity index (χ4n) is 3.62. The van der Waals surface area contributed by atoms with Gasteiger partial charge in [-0.25, -0.2) is 0 Å². The second kappa shape index (κ2) is 10.1. The van der Waals surface area contributed by atoms with Crippen molar-refractivity contribution >= 4 is 29.0 Å². The summed E-state index contributed by atoms with van der Waals surface area (Å²) < 4.78 is 0. The zero-order valence-corrected chi connectivity index (χ0v) is 20.0. The van der Waals surface area contributed by atoms with Crippen LogP contribution in [0.5, 0.6) is 5.88 Å². The van der Waals surface area contributed by atoms with E-state index in [1.54, 1.807) is 16.7 Å². The van der Waals surface area contributed by atoms with Crippen molar-refractivity contribution in [2.24, 2.45) is 0 Å². The molecule has 0 atom stereocenters. The minimum absolute atomic E-state index is 0.00674. The van der Waals surface area contributed by atoms with E-state index >= 15 is 0 Å². The summed E-state index contributed by atoms with van der Waals surface area (Å²) in [5, 5.41) is 9.79. The molecule has 0 unspecified atom stereocenters. The number of hydrogen-bond acceptors (Lipinski definition) is 5. The van der Waals surface area contributed by atoms with Crippen LogP contribution < -0.4 is 4.87 Å². The van der Waals surface area contributed by atoms with Crippen LogP contribution >= 0.6 is 23.1 Å². The smallest absolute Gasteiger partial charge is 0.307 e. The van der Waals surface area contributed by atoms with Gasteiger partial charge in [-0.1, -0.05) is 53.8 Å². The molecule has 4 aromatic rings. The van der Waals surface area contributed by atoms with E-state index in [9.17, 15) is 14.7 Å². The lowest BCUT2D eigenvalue weighted by Crippen LogP contribution is -2.26. The van der Waals surface area contributed by atoms with E-state index in [2.05, 4.69) is 11.1 Å². The molecule has 0 aliphatic carbocycles. The van der Waals surface area contributed by atoms with Crippen LogP contribution in [0.15, 0.2) is 82.5 Å². The highest BCUT2D eigenvalue weighted by Gasteiger charge is 2.13. The van der Waals surface area contributed by atoms with Crippen molar-refractivity contribution < 1.29 is 9.90 Å². The van der Waals surface area contributed by atoms with Gasteiger partial charge in [0.05, 0.1) is 4.88 Å². The lowest BCUT2D eigenvalue weighted by molar-refractivity contribution is 0.0785. The number of benzene rings is 3. The molecule has 5 nitrogen and oxygen atoms in total. The molecule has 0 saturated heterocycles. The maximum Gasteiger partial charge on any atom is 0.307 e. The standard InChI is InChI=1S/C26H24N2O3S2/c1-28(25(30)20-10-12-22(32-2)13-11-20)16-18-4-3-5-21(14-18)19-8-6-17(7-9-19)15-23-24(29)27-26(31)33-23/h3-14,29H,15-16H2,1-2H3,(H,27,31). The molecule has 1 aromatic heterocycles. The second-order valence-corrected chi connectivity index (χ2v) is 9.70. The van der Waals surface area contributed by atoms with Crippen molar-refractivity contribution in [1.82, 2.24) is 9.88 Å². The molecule has 7 heteroatoms. The molecular formula is C26H24N2O3S2. The Hall–Kier alpha value is -3.29. The lowest BCUT2D eigenvalue weighted by Gasteiger charge is -2.18. The third-order valence-electron chi connectivity index (χ3n) is 5.38. The number of thiazole rings is 1. The number of thioether (sulfide) groups is 1. The lowest BCUT2D eigenvalue weighted by atomic mass is 10.0. The summed E-state index contributed by atoms with van der Waals surface area (Å²) >= 11 is 2.68. The normalized spacial score (nSPS) is 10.8. The Balaban J connectivity index is 1.45. The maximum absolute atomic E-state index is 12.8. The Bertz CT molecular complexity index is 1310. The third-order valence-corrected chi connectivity index (χ3v) is 7.00. The number of rotatable bonds is 7. The Labute approximate surface area is 200 Å². The number of aromatic hydroxyl groups is 1. The first-order chi connectivity index (χ1) is 15.9. The van der Waals surface area contributed by atoms with E-state index in [-0.39, 0.29) is 16.7 Å². The van der Waals surface area contributed by atoms with Gasteiger partial charge in [0.2, 0.25) is 5.88 Å². The van der Waals surface area contributed by atoms with Gasteiger partial charge in [0.1, 0.15) is 0 Å². The SMILES string of the molecule is CSc1ccc(C(=O)N(C)Cc2cccc(-c3ccc(Cc4sc(=O)[nH]c4O)cc3)c2)cc1. The first-order valence-corrected chi connectivity index (χ1v) is 12.5. The minimum Gasteiger partial charge on any atom is -0.494 e. The molecule has 2 N–H and O–H groups in total. The Morgan fingerprint density at radius 1 is 1.00 bits per heavy atom. The van der Waals surface area contributed by atoms with E-state index in [1.165, 1.54) is 0 Å². The molecule has 4 rings (SSSR count). The molecule has 0 radical (unpaired) electrons. The monoisotopic (exact) mass is 476 g/mol. The summed E-state index contributed by atoms with van der Waals surface area (Å²) in [5.41, 5.74) is 4.88. The number of hydrogen-bond donors (Lipinski definition) is 2. The number of carbonyl (C=O) groups is 1. The van der Waals surface area contributed by atoms with Gasteiger partial charge < -0.3 is 10.0 Å². The summed E-state index contributed by atoms with van der Waals surface area (Å²) in [6, 6.07) is 23.9. The summed E-state index contributed by atoms with van der Waals surface area (Å²) in [7, 11) is 1.82. The van der Waals surface area contributed by atoms with Crippen LogP contribution in [0.1, 0.15) is 26.4 Å². The van der Waals surface area contributed by atoms with E-state index in [0.29, 0.717) is 23.4 Å². The molecule has 168 valence electrons. The predicted molar refractivity (Wildman–Crippen MR) is 135 cm³/mol. The highest BCUT2D eigenvalue weighted by molar-refractivity contribution is 7.98. The molecule has 3 aromatic carbocycles. The van der Waals surface area contributed by atoms with Gasteiger partial charge in [-0.3, -0.25) is 14.6 Å². The van der Waals surface area contributed by atoms with Crippen LogP contribution in [-0.4, -0.2) is 34.2 Å². The molecule has 0 aliphatic heterocycles. The van der Waals surface area contributed by atoms with Gasteiger partial charge in [-0.15, -0.1) is 11.8 Å². The molecule has 0 aliphatic rings. The highest BCUT2D eigenvalue weighted by atomic mass is 32.2. The van der Waals surface area contributed by atoms with Gasteiger partial charge in [-0.05, 0) is 58.8 Å². The quantitative estimate of drug-likeness (QED) is 0.351. The largest absolute Gasteiger partial charge is 0.494 e. The van der Waals surface area contributed by atoms with Crippen LogP contribution in [0.25, 0.3) is 11.1 Å². The molecule has 33 heavy (non-hydrogen) atoms. The molecular weight excluding hydrogens is 452 g/mol. The zero-order valence-electron chi connectivity index (χ0n) is 18.4. The number of nitrogens with one attached hydrogen (secondary N) is 1. The fraction of sp³-hybridized carbons (Fsp3) is 0.154. The van der Waals surface area contributed by atoms with E-state index < -0.39 is 0 Å². The molecule has 0 spiro atoms. The van der Waals surface area contributed by atoms with Gasteiger partial charge in [-0.2, -0.15) is 0 Å². The van der Waals surface area contributed by atoms with Crippen LogP contribution in [0.3, 0.4) is 0 Å². The fourth-order valence-corrected chi connectivity index (χ4v) is 4.79. The van der Waals surface area contributed by atoms with E-state index in [1.807, 2.05) is 80.0 Å². The summed E-state index contributed by atoms with van der Waals surface area (Å²) in [5.74, 6) is -0.0617. The van der Waals surface area contributed by atoms with E-state index in [4.69, 9.17) is 0 Å². The van der Waals surface area contributed by atoms with Gasteiger partial charge in [0.15, 0.2) is 0 Å². The number of aromatic amines is 1. The Kier molecular flexibility index (Phi) is 7.01. The maximum atomic E-state index is 12.8. The van der Waals surface area contributed by atoms with Crippen molar-refractivity contribution in [2.45, 2.75) is 17.9 Å². The van der Waals surface area contributed by atoms with E-state index in [0.717, 1.165) is 38.5 Å². The second-order valence-electron chi connectivity index (χ2n) is 7.75. The average Bonchev–Trinajstić information content (AvgIpc) is 3.15. The Morgan fingerprint density at radius 2 is 1.73 bits per heavy atom. The van der Waals surface area contributed by atoms with Gasteiger partial charge in [0.25, 0.3) is 5.91 Å². The molecule has 1 heterocycles. The molecule has 0 fully saturated rings. The summed E-state index contributed by atoms with van der Waals surface area (Å²) in [4.78, 5) is 29.8. The van der Waals surface area contributed by atoms with Crippen molar-refractivity contribution in [3.63, 3.8) is 0 Å². The van der Waals surface area contributed by atoms with Gasteiger partial charge >= 0.3 is 4.87 Å². The van der Waals surface area contributed by atoms with Crippen molar-refractivity contribution in [1.29, 1.82) is 0 Å². The topological polar surface area (TPSA) is 73.4 Å². The molecule has 1 amide bonds. The van der Waals surface area contributed by atoms with Crippen molar-refractivity contribution in [2.75, 3.05) is 13.3 Å². The van der Waals surface area contributed by atoms with Crippen molar-refractivity contribution in [3.8, 4) is 17.0 Å². The Morgan fingerprint density at radius 3 is 2.36 bits per heavy atom. The zero-order chi connectivity index (χ0) is 23.4. The predicted octanol–water partition coefficient (Wildman–Crippen LogP) is 5.39. The summed E-state index contributed by atoms with van der Waals surface area (Å²) in [6.45, 7) is 0.515. The van der Waals surface area contributed by atoms with Crippen LogP contribution in [0.2, 0.25) is 0 Å². The highest BCUT2D eigenvalue weighted by Crippen LogP contribution is 2.25. The van der Waals surface area contributed by atoms with Crippen LogP contribution in [0.4, 0.5) is 0 Å². The third kappa shape index (κ3) is 5.56.